The summed E-state index contributed by atoms with van der Waals surface area (Å²) in [6, 6.07) is 7.52. The fraction of sp³-hybridized carbons (Fsp3) is 0.556. The van der Waals surface area contributed by atoms with Gasteiger partial charge in [0.05, 0.1) is 18.2 Å². The number of likely N-dealkylation sites (N-methyl/N-ethyl adjacent to an activating group) is 1. The van der Waals surface area contributed by atoms with Gasteiger partial charge in [-0.05, 0) is 45.4 Å². The number of hydrogen-bond acceptors (Lipinski definition) is 4. The largest absolute Gasteiger partial charge is 0.490 e. The number of ether oxygens (including phenoxy) is 1. The van der Waals surface area contributed by atoms with Crippen molar-refractivity contribution >= 4 is 11.9 Å². The van der Waals surface area contributed by atoms with Gasteiger partial charge in [0.1, 0.15) is 5.75 Å². The van der Waals surface area contributed by atoms with E-state index in [2.05, 4.69) is 5.32 Å². The summed E-state index contributed by atoms with van der Waals surface area (Å²) in [7, 11) is 0. The Hall–Kier alpha value is -2.08. The highest BCUT2D eigenvalue weighted by Crippen LogP contribution is 2.27. The molecule has 0 unspecified atom stereocenters. The first-order valence-electron chi connectivity index (χ1n) is 8.43. The molecule has 0 aromatic heterocycles. The van der Waals surface area contributed by atoms with Crippen LogP contribution < -0.4 is 10.1 Å². The molecule has 0 bridgehead atoms. The van der Waals surface area contributed by atoms with Gasteiger partial charge in [0, 0.05) is 12.1 Å². The Kier molecular flexibility index (Phi) is 6.20. The van der Waals surface area contributed by atoms with Crippen LogP contribution in [0.5, 0.6) is 5.75 Å². The van der Waals surface area contributed by atoms with Gasteiger partial charge in [-0.2, -0.15) is 0 Å². The molecule has 132 valence electrons. The molecule has 1 aliphatic rings. The predicted octanol–water partition coefficient (Wildman–Crippen LogP) is 2.14. The molecule has 0 heterocycles. The van der Waals surface area contributed by atoms with Crippen molar-refractivity contribution in [1.82, 2.24) is 10.2 Å². The molecule has 1 fully saturated rings. The molecule has 0 saturated heterocycles. The minimum absolute atomic E-state index is 0.00108. The zero-order valence-corrected chi connectivity index (χ0v) is 14.5. The predicted molar refractivity (Wildman–Crippen MR) is 91.4 cm³/mol. The number of hydrogen-bond donors (Lipinski definition) is 2. The van der Waals surface area contributed by atoms with Gasteiger partial charge in [0.2, 0.25) is 0 Å². The number of amides is 1. The Morgan fingerprint density at radius 1 is 1.33 bits per heavy atom. The van der Waals surface area contributed by atoms with Crippen LogP contribution in [0, 0.1) is 0 Å². The smallest absolute Gasteiger partial charge is 0.317 e. The quantitative estimate of drug-likeness (QED) is 0.761. The van der Waals surface area contributed by atoms with Crippen LogP contribution >= 0.6 is 0 Å². The molecular formula is C18H26N2O4. The number of carboxylic acids is 1. The standard InChI is InChI=1S/C18H26N2O4/c1-4-20(11-17(21)22)14-9-13(10-14)19-18(23)15-7-5-6-8-16(15)24-12(2)3/h5-8,12-14H,4,9-11H2,1-3H3,(H,19,23)(H,21,22). The summed E-state index contributed by atoms with van der Waals surface area (Å²) in [5.41, 5.74) is 0.535. The average Bonchev–Trinajstić information content (AvgIpc) is 2.48. The molecule has 1 aromatic rings. The van der Waals surface area contributed by atoms with E-state index in [1.807, 2.05) is 37.8 Å². The van der Waals surface area contributed by atoms with Gasteiger partial charge in [-0.15, -0.1) is 0 Å². The topological polar surface area (TPSA) is 78.9 Å². The molecule has 0 aliphatic heterocycles. The Labute approximate surface area is 142 Å². The lowest BCUT2D eigenvalue weighted by Crippen LogP contribution is -2.54. The van der Waals surface area contributed by atoms with Crippen molar-refractivity contribution in [2.45, 2.75) is 51.8 Å². The van der Waals surface area contributed by atoms with Crippen molar-refractivity contribution in [1.29, 1.82) is 0 Å². The van der Waals surface area contributed by atoms with Gasteiger partial charge >= 0.3 is 5.97 Å². The van der Waals surface area contributed by atoms with Crippen molar-refractivity contribution in [3.8, 4) is 5.75 Å². The first-order valence-corrected chi connectivity index (χ1v) is 8.43. The molecule has 1 aliphatic carbocycles. The van der Waals surface area contributed by atoms with Crippen molar-refractivity contribution in [3.05, 3.63) is 29.8 Å². The van der Waals surface area contributed by atoms with E-state index in [0.29, 0.717) is 17.9 Å². The minimum atomic E-state index is -0.816. The fourth-order valence-electron chi connectivity index (χ4n) is 2.95. The van der Waals surface area contributed by atoms with E-state index in [4.69, 9.17) is 9.84 Å². The Bertz CT molecular complexity index is 582. The summed E-state index contributed by atoms with van der Waals surface area (Å²) in [5.74, 6) is -0.373. The number of benzene rings is 1. The van der Waals surface area contributed by atoms with E-state index in [-0.39, 0.29) is 30.6 Å². The highest BCUT2D eigenvalue weighted by molar-refractivity contribution is 5.97. The first kappa shape index (κ1) is 18.3. The van der Waals surface area contributed by atoms with Gasteiger partial charge in [0.15, 0.2) is 0 Å². The van der Waals surface area contributed by atoms with Gasteiger partial charge in [0.25, 0.3) is 5.91 Å². The Morgan fingerprint density at radius 2 is 2.00 bits per heavy atom. The second-order valence-electron chi connectivity index (χ2n) is 6.42. The zero-order valence-electron chi connectivity index (χ0n) is 14.5. The molecule has 2 N–H and O–H groups in total. The maximum atomic E-state index is 12.5. The lowest BCUT2D eigenvalue weighted by Gasteiger charge is -2.42. The summed E-state index contributed by atoms with van der Waals surface area (Å²) in [6.45, 7) is 6.55. The summed E-state index contributed by atoms with van der Waals surface area (Å²) in [5, 5.41) is 11.9. The Morgan fingerprint density at radius 3 is 2.58 bits per heavy atom. The van der Waals surface area contributed by atoms with Crippen LogP contribution in [-0.2, 0) is 4.79 Å². The highest BCUT2D eigenvalue weighted by atomic mass is 16.5. The number of rotatable bonds is 8. The molecule has 1 aromatic carbocycles. The first-order chi connectivity index (χ1) is 11.4. The van der Waals surface area contributed by atoms with E-state index in [1.54, 1.807) is 12.1 Å². The molecule has 1 saturated carbocycles. The van der Waals surface area contributed by atoms with Crippen molar-refractivity contribution in [2.24, 2.45) is 0 Å². The lowest BCUT2D eigenvalue weighted by molar-refractivity contribution is -0.139. The summed E-state index contributed by atoms with van der Waals surface area (Å²) < 4.78 is 5.69. The number of para-hydroxylation sites is 1. The number of nitrogens with one attached hydrogen (secondary N) is 1. The molecule has 6 nitrogen and oxygen atoms in total. The number of aliphatic carboxylic acids is 1. The third-order valence-corrected chi connectivity index (χ3v) is 4.20. The van der Waals surface area contributed by atoms with E-state index in [9.17, 15) is 9.59 Å². The highest BCUT2D eigenvalue weighted by Gasteiger charge is 2.35. The zero-order chi connectivity index (χ0) is 17.7. The molecule has 2 rings (SSSR count). The molecule has 1 amide bonds. The van der Waals surface area contributed by atoms with E-state index >= 15 is 0 Å². The van der Waals surface area contributed by atoms with Gasteiger partial charge < -0.3 is 15.2 Å². The van der Waals surface area contributed by atoms with E-state index in [0.717, 1.165) is 12.8 Å². The maximum absolute atomic E-state index is 12.5. The third kappa shape index (κ3) is 4.71. The van der Waals surface area contributed by atoms with Crippen LogP contribution in [0.15, 0.2) is 24.3 Å². The number of carbonyl (C=O) groups excluding carboxylic acids is 1. The molecule has 0 spiro atoms. The summed E-state index contributed by atoms with van der Waals surface area (Å²) in [4.78, 5) is 25.3. The average molecular weight is 334 g/mol. The van der Waals surface area contributed by atoms with Crippen LogP contribution in [0.2, 0.25) is 0 Å². The summed E-state index contributed by atoms with van der Waals surface area (Å²) in [6.07, 6.45) is 1.56. The monoisotopic (exact) mass is 334 g/mol. The van der Waals surface area contributed by atoms with Crippen molar-refractivity contribution in [3.63, 3.8) is 0 Å². The second kappa shape index (κ2) is 8.15. The van der Waals surface area contributed by atoms with Crippen LogP contribution in [0.3, 0.4) is 0 Å². The van der Waals surface area contributed by atoms with Gasteiger partial charge in [-0.1, -0.05) is 19.1 Å². The summed E-state index contributed by atoms with van der Waals surface area (Å²) >= 11 is 0. The van der Waals surface area contributed by atoms with E-state index in [1.165, 1.54) is 0 Å². The van der Waals surface area contributed by atoms with Gasteiger partial charge in [-0.25, -0.2) is 0 Å². The lowest BCUT2D eigenvalue weighted by atomic mass is 9.85. The molecule has 6 heteroatoms. The van der Waals surface area contributed by atoms with Crippen LogP contribution in [0.25, 0.3) is 0 Å². The molecule has 0 atom stereocenters. The third-order valence-electron chi connectivity index (χ3n) is 4.20. The second-order valence-corrected chi connectivity index (χ2v) is 6.42. The van der Waals surface area contributed by atoms with Gasteiger partial charge in [-0.3, -0.25) is 14.5 Å². The number of carboxylic acid groups (broad SMARTS) is 1. The maximum Gasteiger partial charge on any atom is 0.317 e. The Balaban J connectivity index is 1.90. The van der Waals surface area contributed by atoms with E-state index < -0.39 is 5.97 Å². The SMILES string of the molecule is CCN(CC(=O)O)C1CC(NC(=O)c2ccccc2OC(C)C)C1. The number of nitrogens with zero attached hydrogens (tertiary/aromatic N) is 1. The van der Waals surface area contributed by atoms with Crippen molar-refractivity contribution in [2.75, 3.05) is 13.1 Å². The molecule has 0 radical (unpaired) electrons. The molecule has 24 heavy (non-hydrogen) atoms. The van der Waals surface area contributed by atoms with Crippen molar-refractivity contribution < 1.29 is 19.4 Å². The number of carbonyl (C=O) groups is 2. The normalized spacial score (nSPS) is 19.9. The van der Waals surface area contributed by atoms with Crippen LogP contribution in [0.1, 0.15) is 44.0 Å². The van der Waals surface area contributed by atoms with Crippen LogP contribution in [-0.4, -0.2) is 53.2 Å². The fourth-order valence-corrected chi connectivity index (χ4v) is 2.95. The molecular weight excluding hydrogens is 308 g/mol. The minimum Gasteiger partial charge on any atom is -0.490 e. The van der Waals surface area contributed by atoms with Crippen LogP contribution in [0.4, 0.5) is 0 Å².